The van der Waals surface area contributed by atoms with E-state index >= 15 is 0 Å². The van der Waals surface area contributed by atoms with Crippen molar-refractivity contribution in [1.82, 2.24) is 0 Å². The Morgan fingerprint density at radius 3 is 2.44 bits per heavy atom. The van der Waals surface area contributed by atoms with Gasteiger partial charge in [0.25, 0.3) is 0 Å². The van der Waals surface area contributed by atoms with Gasteiger partial charge in [0, 0.05) is 5.92 Å². The predicted molar refractivity (Wildman–Crippen MR) is 61.2 cm³/mol. The predicted octanol–water partition coefficient (Wildman–Crippen LogP) is 2.46. The summed E-state index contributed by atoms with van der Waals surface area (Å²) in [6.07, 6.45) is 0.766. The van der Waals surface area contributed by atoms with Crippen LogP contribution >= 0.6 is 0 Å². The maximum absolute atomic E-state index is 11.5. The molecule has 0 N–H and O–H groups in total. The molecule has 0 amide bonds. The maximum Gasteiger partial charge on any atom is 0.338 e. The molecular weight excluding hydrogens is 204 g/mol. The Labute approximate surface area is 95.4 Å². The lowest BCUT2D eigenvalue weighted by atomic mass is 10.0. The molecule has 3 heteroatoms. The Kier molecular flexibility index (Phi) is 4.70. The molecule has 0 aliphatic rings. The average molecular weight is 220 g/mol. The van der Waals surface area contributed by atoms with Gasteiger partial charge >= 0.3 is 5.97 Å². The smallest absolute Gasteiger partial charge is 0.338 e. The van der Waals surface area contributed by atoms with Gasteiger partial charge in [-0.2, -0.15) is 0 Å². The summed E-state index contributed by atoms with van der Waals surface area (Å²) in [5.41, 5.74) is 0.472. The van der Waals surface area contributed by atoms with Gasteiger partial charge in [0.2, 0.25) is 0 Å². The summed E-state index contributed by atoms with van der Waals surface area (Å²) in [4.78, 5) is 22.9. The van der Waals surface area contributed by atoms with Crippen molar-refractivity contribution in [3.63, 3.8) is 0 Å². The summed E-state index contributed by atoms with van der Waals surface area (Å²) >= 11 is 0. The van der Waals surface area contributed by atoms with Gasteiger partial charge < -0.3 is 4.74 Å². The normalized spacial score (nSPS) is 11.9. The van der Waals surface area contributed by atoms with E-state index in [-0.39, 0.29) is 18.3 Å². The first-order valence-electron chi connectivity index (χ1n) is 5.40. The molecule has 0 saturated carbocycles. The van der Waals surface area contributed by atoms with Crippen molar-refractivity contribution in [3.8, 4) is 0 Å². The highest BCUT2D eigenvalue weighted by Gasteiger charge is 2.13. The highest BCUT2D eigenvalue weighted by Crippen LogP contribution is 2.05. The number of hydrogen-bond acceptors (Lipinski definition) is 3. The number of carbonyl (C=O) groups excluding carboxylic acids is 2. The van der Waals surface area contributed by atoms with E-state index in [9.17, 15) is 9.59 Å². The third-order valence-corrected chi connectivity index (χ3v) is 2.52. The van der Waals surface area contributed by atoms with E-state index in [0.29, 0.717) is 5.56 Å². The number of hydrogen-bond donors (Lipinski definition) is 0. The van der Waals surface area contributed by atoms with Crippen molar-refractivity contribution in [2.24, 2.45) is 5.92 Å². The first kappa shape index (κ1) is 12.4. The second kappa shape index (κ2) is 6.05. The van der Waals surface area contributed by atoms with Gasteiger partial charge in [0.1, 0.15) is 0 Å². The van der Waals surface area contributed by atoms with Gasteiger partial charge in [-0.15, -0.1) is 0 Å². The van der Waals surface area contributed by atoms with Gasteiger partial charge in [-0.25, -0.2) is 4.79 Å². The SMILES string of the molecule is CCC(C)C(=O)COC(=O)c1ccccc1. The summed E-state index contributed by atoms with van der Waals surface area (Å²) in [6, 6.07) is 8.66. The molecule has 0 radical (unpaired) electrons. The monoisotopic (exact) mass is 220 g/mol. The van der Waals surface area contributed by atoms with E-state index in [2.05, 4.69) is 0 Å². The first-order valence-corrected chi connectivity index (χ1v) is 5.40. The van der Waals surface area contributed by atoms with Crippen LogP contribution in [0, 0.1) is 5.92 Å². The van der Waals surface area contributed by atoms with E-state index in [4.69, 9.17) is 4.74 Å². The molecule has 0 heterocycles. The standard InChI is InChI=1S/C13H16O3/c1-3-10(2)12(14)9-16-13(15)11-7-5-4-6-8-11/h4-8,10H,3,9H2,1-2H3. The van der Waals surface area contributed by atoms with Crippen LogP contribution in [0.1, 0.15) is 30.6 Å². The van der Waals surface area contributed by atoms with Gasteiger partial charge in [0.15, 0.2) is 12.4 Å². The van der Waals surface area contributed by atoms with Crippen LogP contribution in [0.5, 0.6) is 0 Å². The molecule has 3 nitrogen and oxygen atoms in total. The van der Waals surface area contributed by atoms with E-state index in [1.807, 2.05) is 19.9 Å². The molecule has 1 aromatic rings. The molecular formula is C13H16O3. The fraction of sp³-hybridized carbons (Fsp3) is 0.385. The third-order valence-electron chi connectivity index (χ3n) is 2.52. The Balaban J connectivity index is 2.45. The second-order valence-electron chi connectivity index (χ2n) is 3.72. The molecule has 1 aromatic carbocycles. The number of benzene rings is 1. The Morgan fingerprint density at radius 1 is 1.25 bits per heavy atom. The summed E-state index contributed by atoms with van der Waals surface area (Å²) in [5, 5.41) is 0. The number of ether oxygens (including phenoxy) is 1. The van der Waals surface area contributed by atoms with E-state index < -0.39 is 5.97 Å². The Bertz CT molecular complexity index is 357. The van der Waals surface area contributed by atoms with Crippen molar-refractivity contribution < 1.29 is 14.3 Å². The quantitative estimate of drug-likeness (QED) is 0.716. The van der Waals surface area contributed by atoms with Crippen molar-refractivity contribution in [2.45, 2.75) is 20.3 Å². The Morgan fingerprint density at radius 2 is 1.88 bits per heavy atom. The highest BCUT2D eigenvalue weighted by molar-refractivity contribution is 5.91. The number of carbonyl (C=O) groups is 2. The number of Topliss-reactive ketones (excluding diaryl/α,β-unsaturated/α-hetero) is 1. The van der Waals surface area contributed by atoms with E-state index in [1.54, 1.807) is 24.3 Å². The highest BCUT2D eigenvalue weighted by atomic mass is 16.5. The van der Waals surface area contributed by atoms with Gasteiger partial charge in [-0.3, -0.25) is 4.79 Å². The molecule has 0 aliphatic carbocycles. The lowest BCUT2D eigenvalue weighted by Crippen LogP contribution is -2.19. The minimum absolute atomic E-state index is 0.0354. The fourth-order valence-electron chi connectivity index (χ4n) is 1.16. The van der Waals surface area contributed by atoms with Gasteiger partial charge in [0.05, 0.1) is 5.56 Å². The molecule has 86 valence electrons. The van der Waals surface area contributed by atoms with Crippen molar-refractivity contribution in [2.75, 3.05) is 6.61 Å². The topological polar surface area (TPSA) is 43.4 Å². The summed E-state index contributed by atoms with van der Waals surface area (Å²) in [6.45, 7) is 3.63. The van der Waals surface area contributed by atoms with Crippen molar-refractivity contribution in [1.29, 1.82) is 0 Å². The van der Waals surface area contributed by atoms with Gasteiger partial charge in [-0.05, 0) is 18.6 Å². The molecule has 0 aliphatic heterocycles. The zero-order chi connectivity index (χ0) is 12.0. The first-order chi connectivity index (χ1) is 7.65. The molecule has 1 unspecified atom stereocenters. The fourth-order valence-corrected chi connectivity index (χ4v) is 1.16. The maximum atomic E-state index is 11.5. The largest absolute Gasteiger partial charge is 0.454 e. The molecule has 0 bridgehead atoms. The summed E-state index contributed by atoms with van der Waals surface area (Å²) in [5.74, 6) is -0.535. The van der Waals surface area contributed by atoms with Crippen LogP contribution in [-0.4, -0.2) is 18.4 Å². The number of esters is 1. The minimum atomic E-state index is -0.447. The van der Waals surface area contributed by atoms with E-state index in [0.717, 1.165) is 6.42 Å². The summed E-state index contributed by atoms with van der Waals surface area (Å²) < 4.78 is 4.92. The Hall–Kier alpha value is -1.64. The molecule has 16 heavy (non-hydrogen) atoms. The van der Waals surface area contributed by atoms with Crippen LogP contribution in [0.4, 0.5) is 0 Å². The van der Waals surface area contributed by atoms with Crippen LogP contribution in [0.2, 0.25) is 0 Å². The van der Waals surface area contributed by atoms with Crippen molar-refractivity contribution >= 4 is 11.8 Å². The second-order valence-corrected chi connectivity index (χ2v) is 3.72. The minimum Gasteiger partial charge on any atom is -0.454 e. The summed E-state index contributed by atoms with van der Waals surface area (Å²) in [7, 11) is 0. The number of ketones is 1. The van der Waals surface area contributed by atoms with Crippen LogP contribution in [0.3, 0.4) is 0 Å². The van der Waals surface area contributed by atoms with E-state index in [1.165, 1.54) is 0 Å². The molecule has 0 spiro atoms. The lowest BCUT2D eigenvalue weighted by Gasteiger charge is -2.08. The molecule has 0 aromatic heterocycles. The van der Waals surface area contributed by atoms with Crippen LogP contribution < -0.4 is 0 Å². The van der Waals surface area contributed by atoms with Crippen molar-refractivity contribution in [3.05, 3.63) is 35.9 Å². The van der Waals surface area contributed by atoms with Crippen LogP contribution in [0.15, 0.2) is 30.3 Å². The lowest BCUT2D eigenvalue weighted by molar-refractivity contribution is -0.125. The van der Waals surface area contributed by atoms with Crippen LogP contribution in [-0.2, 0) is 9.53 Å². The molecule has 1 atom stereocenters. The number of rotatable bonds is 5. The molecule has 0 fully saturated rings. The van der Waals surface area contributed by atoms with Crippen LogP contribution in [0.25, 0.3) is 0 Å². The van der Waals surface area contributed by atoms with Gasteiger partial charge in [-0.1, -0.05) is 32.0 Å². The zero-order valence-electron chi connectivity index (χ0n) is 9.60. The molecule has 1 rings (SSSR count). The zero-order valence-corrected chi connectivity index (χ0v) is 9.60. The third kappa shape index (κ3) is 3.50. The molecule has 0 saturated heterocycles. The average Bonchev–Trinajstić information content (AvgIpc) is 2.35.